The van der Waals surface area contributed by atoms with Gasteiger partial charge >= 0.3 is 0 Å². The molecule has 0 heterocycles. The van der Waals surface area contributed by atoms with E-state index in [1.165, 1.54) is 13.2 Å². The number of benzene rings is 1. The highest BCUT2D eigenvalue weighted by molar-refractivity contribution is 9.09. The van der Waals surface area contributed by atoms with Crippen LogP contribution in [0, 0.1) is 0 Å². The molecule has 3 nitrogen and oxygen atoms in total. The molecular weight excluding hydrogens is 272 g/mol. The molecule has 88 valence electrons. The summed E-state index contributed by atoms with van der Waals surface area (Å²) in [5.74, 6) is 0.559. The Balaban J connectivity index is 2.73. The Morgan fingerprint density at radius 1 is 1.44 bits per heavy atom. The Labute approximate surface area is 104 Å². The summed E-state index contributed by atoms with van der Waals surface area (Å²) in [6, 6.07) is 4.69. The summed E-state index contributed by atoms with van der Waals surface area (Å²) in [5.41, 5.74) is 0.342. The molecule has 0 radical (unpaired) electrons. The SMILES string of the molecule is COc1ccc(O)c(C(=O)CCCCBr)c1. The number of Topliss-reactive ketones (excluding diaryl/α,β-unsaturated/α-hetero) is 1. The van der Waals surface area contributed by atoms with E-state index in [1.54, 1.807) is 12.1 Å². The minimum absolute atomic E-state index is 0.0182. The van der Waals surface area contributed by atoms with Crippen LogP contribution in [-0.4, -0.2) is 23.3 Å². The van der Waals surface area contributed by atoms with Crippen molar-refractivity contribution in [2.45, 2.75) is 19.3 Å². The van der Waals surface area contributed by atoms with Gasteiger partial charge in [0.25, 0.3) is 0 Å². The first-order valence-corrected chi connectivity index (χ1v) is 6.27. The lowest BCUT2D eigenvalue weighted by Crippen LogP contribution is -2.00. The molecular formula is C12H15BrO3. The van der Waals surface area contributed by atoms with Gasteiger partial charge < -0.3 is 9.84 Å². The Hall–Kier alpha value is -1.03. The van der Waals surface area contributed by atoms with Gasteiger partial charge in [0, 0.05) is 11.8 Å². The number of rotatable bonds is 6. The molecule has 1 aromatic rings. The molecule has 1 rings (SSSR count). The smallest absolute Gasteiger partial charge is 0.166 e. The van der Waals surface area contributed by atoms with Gasteiger partial charge in [-0.05, 0) is 31.0 Å². The molecule has 0 saturated carbocycles. The Kier molecular flexibility index (Phi) is 5.32. The van der Waals surface area contributed by atoms with E-state index in [0.717, 1.165) is 18.2 Å². The third-order valence-electron chi connectivity index (χ3n) is 2.29. The van der Waals surface area contributed by atoms with E-state index >= 15 is 0 Å². The number of carbonyl (C=O) groups is 1. The first-order chi connectivity index (χ1) is 7.69. The van der Waals surface area contributed by atoms with Gasteiger partial charge in [-0.25, -0.2) is 0 Å². The maximum absolute atomic E-state index is 11.8. The van der Waals surface area contributed by atoms with Crippen molar-refractivity contribution in [3.05, 3.63) is 23.8 Å². The fourth-order valence-corrected chi connectivity index (χ4v) is 1.78. The second-order valence-corrected chi connectivity index (χ2v) is 4.25. The van der Waals surface area contributed by atoms with Gasteiger partial charge in [0.15, 0.2) is 5.78 Å². The summed E-state index contributed by atoms with van der Waals surface area (Å²) < 4.78 is 5.01. The number of phenols is 1. The number of halogens is 1. The molecule has 0 fully saturated rings. The van der Waals surface area contributed by atoms with Crippen LogP contribution in [0.4, 0.5) is 0 Å². The van der Waals surface area contributed by atoms with Crippen LogP contribution in [0.1, 0.15) is 29.6 Å². The molecule has 0 atom stereocenters. The largest absolute Gasteiger partial charge is 0.507 e. The van der Waals surface area contributed by atoms with Crippen molar-refractivity contribution in [2.24, 2.45) is 0 Å². The Morgan fingerprint density at radius 3 is 2.81 bits per heavy atom. The molecule has 0 amide bonds. The number of phenolic OH excluding ortho intramolecular Hbond substituents is 1. The van der Waals surface area contributed by atoms with E-state index in [9.17, 15) is 9.90 Å². The van der Waals surface area contributed by atoms with Crippen LogP contribution in [0.3, 0.4) is 0 Å². The summed E-state index contributed by atoms with van der Waals surface area (Å²) in [5, 5.41) is 10.5. The highest BCUT2D eigenvalue weighted by Crippen LogP contribution is 2.24. The lowest BCUT2D eigenvalue weighted by Gasteiger charge is -2.06. The minimum Gasteiger partial charge on any atom is -0.507 e. The predicted octanol–water partition coefficient (Wildman–Crippen LogP) is 3.15. The van der Waals surface area contributed by atoms with Crippen molar-refractivity contribution in [3.8, 4) is 11.5 Å². The number of hydrogen-bond donors (Lipinski definition) is 1. The zero-order chi connectivity index (χ0) is 12.0. The molecule has 0 bridgehead atoms. The summed E-state index contributed by atoms with van der Waals surface area (Å²) in [6.07, 6.45) is 2.23. The minimum atomic E-state index is -0.0441. The molecule has 0 unspecified atom stereocenters. The maximum Gasteiger partial charge on any atom is 0.166 e. The molecule has 0 spiro atoms. The van der Waals surface area contributed by atoms with Crippen LogP contribution in [0.5, 0.6) is 11.5 Å². The van der Waals surface area contributed by atoms with Crippen molar-refractivity contribution in [2.75, 3.05) is 12.4 Å². The molecule has 1 N–H and O–H groups in total. The van der Waals surface area contributed by atoms with Gasteiger partial charge in [0.2, 0.25) is 0 Å². The fraction of sp³-hybridized carbons (Fsp3) is 0.417. The van der Waals surface area contributed by atoms with Gasteiger partial charge in [-0.2, -0.15) is 0 Å². The fourth-order valence-electron chi connectivity index (χ4n) is 1.38. The molecule has 16 heavy (non-hydrogen) atoms. The van der Waals surface area contributed by atoms with E-state index in [-0.39, 0.29) is 11.5 Å². The van der Waals surface area contributed by atoms with Gasteiger partial charge in [-0.1, -0.05) is 15.9 Å². The van der Waals surface area contributed by atoms with E-state index in [1.807, 2.05) is 0 Å². The zero-order valence-electron chi connectivity index (χ0n) is 9.20. The Morgan fingerprint density at radius 2 is 2.19 bits per heavy atom. The number of ether oxygens (including phenoxy) is 1. The first-order valence-electron chi connectivity index (χ1n) is 5.15. The number of alkyl halides is 1. The van der Waals surface area contributed by atoms with Crippen molar-refractivity contribution >= 4 is 21.7 Å². The van der Waals surface area contributed by atoms with Gasteiger partial charge in [0.1, 0.15) is 11.5 Å². The molecule has 0 saturated heterocycles. The molecule has 0 aliphatic heterocycles. The van der Waals surface area contributed by atoms with Gasteiger partial charge in [-0.3, -0.25) is 4.79 Å². The number of aromatic hydroxyl groups is 1. The monoisotopic (exact) mass is 286 g/mol. The van der Waals surface area contributed by atoms with Crippen LogP contribution in [-0.2, 0) is 0 Å². The molecule has 0 aliphatic rings. The van der Waals surface area contributed by atoms with Crippen LogP contribution in [0.2, 0.25) is 0 Å². The van der Waals surface area contributed by atoms with Crippen molar-refractivity contribution in [1.82, 2.24) is 0 Å². The third kappa shape index (κ3) is 3.52. The first kappa shape index (κ1) is 13.0. The summed E-state index contributed by atoms with van der Waals surface area (Å²) in [7, 11) is 1.53. The van der Waals surface area contributed by atoms with Crippen LogP contribution >= 0.6 is 15.9 Å². The molecule has 1 aromatic carbocycles. The number of ketones is 1. The summed E-state index contributed by atoms with van der Waals surface area (Å²) in [6.45, 7) is 0. The van der Waals surface area contributed by atoms with Crippen LogP contribution in [0.15, 0.2) is 18.2 Å². The topological polar surface area (TPSA) is 46.5 Å². The van der Waals surface area contributed by atoms with E-state index < -0.39 is 0 Å². The average molecular weight is 287 g/mol. The third-order valence-corrected chi connectivity index (χ3v) is 2.85. The van der Waals surface area contributed by atoms with Crippen molar-refractivity contribution < 1.29 is 14.6 Å². The quantitative estimate of drug-likeness (QED) is 0.496. The average Bonchev–Trinajstić information content (AvgIpc) is 2.30. The number of methoxy groups -OCH3 is 1. The number of hydrogen-bond acceptors (Lipinski definition) is 3. The standard InChI is InChI=1S/C12H15BrO3/c1-16-9-5-6-12(15)10(8-9)11(14)4-2-3-7-13/h5-6,8,15H,2-4,7H2,1H3. The van der Waals surface area contributed by atoms with Crippen LogP contribution in [0.25, 0.3) is 0 Å². The zero-order valence-corrected chi connectivity index (χ0v) is 10.8. The van der Waals surface area contributed by atoms with Crippen LogP contribution < -0.4 is 4.74 Å². The summed E-state index contributed by atoms with van der Waals surface area (Å²) >= 11 is 3.31. The Bertz CT molecular complexity index is 363. The molecule has 4 heteroatoms. The second-order valence-electron chi connectivity index (χ2n) is 3.45. The highest BCUT2D eigenvalue weighted by atomic mass is 79.9. The number of unbranched alkanes of at least 4 members (excludes halogenated alkanes) is 1. The maximum atomic E-state index is 11.8. The van der Waals surface area contributed by atoms with E-state index in [4.69, 9.17) is 4.74 Å². The molecule has 0 aromatic heterocycles. The van der Waals surface area contributed by atoms with Gasteiger partial charge in [-0.15, -0.1) is 0 Å². The predicted molar refractivity (Wildman–Crippen MR) is 66.6 cm³/mol. The van der Waals surface area contributed by atoms with Crippen molar-refractivity contribution in [1.29, 1.82) is 0 Å². The van der Waals surface area contributed by atoms with E-state index in [2.05, 4.69) is 15.9 Å². The molecule has 0 aliphatic carbocycles. The lowest BCUT2D eigenvalue weighted by molar-refractivity contribution is 0.0977. The number of carbonyl (C=O) groups excluding carboxylic acids is 1. The lowest BCUT2D eigenvalue weighted by atomic mass is 10.0. The normalized spacial score (nSPS) is 10.1. The highest BCUT2D eigenvalue weighted by Gasteiger charge is 2.11. The van der Waals surface area contributed by atoms with E-state index in [0.29, 0.717) is 17.7 Å². The van der Waals surface area contributed by atoms with Crippen molar-refractivity contribution in [3.63, 3.8) is 0 Å². The summed E-state index contributed by atoms with van der Waals surface area (Å²) in [4.78, 5) is 11.8. The van der Waals surface area contributed by atoms with Gasteiger partial charge in [0.05, 0.1) is 12.7 Å². The second kappa shape index (κ2) is 6.53.